The average Bonchev–Trinajstić information content (AvgIpc) is 3.04. The molecule has 2 aromatic carbocycles. The summed E-state index contributed by atoms with van der Waals surface area (Å²) in [4.78, 5) is 13.2. The van der Waals surface area contributed by atoms with Gasteiger partial charge in [0, 0.05) is 23.5 Å². The number of amides is 1. The zero-order valence-corrected chi connectivity index (χ0v) is 19.0. The number of aryl methyl sites for hydroxylation is 1. The molecule has 3 rings (SSSR count). The van der Waals surface area contributed by atoms with Crippen molar-refractivity contribution in [3.8, 4) is 0 Å². The van der Waals surface area contributed by atoms with Gasteiger partial charge in [-0.25, -0.2) is 0 Å². The van der Waals surface area contributed by atoms with E-state index in [4.69, 9.17) is 4.74 Å². The van der Waals surface area contributed by atoms with Crippen LogP contribution in [0, 0.1) is 5.92 Å². The molecule has 1 fully saturated rings. The number of anilines is 2. The first-order valence-electron chi connectivity index (χ1n) is 10.7. The summed E-state index contributed by atoms with van der Waals surface area (Å²) in [5.41, 5.74) is 2.72. The number of rotatable bonds is 9. The second-order valence-corrected chi connectivity index (χ2v) is 12.5. The van der Waals surface area contributed by atoms with Crippen LogP contribution in [-0.4, -0.2) is 38.7 Å². The van der Waals surface area contributed by atoms with Crippen LogP contribution >= 0.6 is 0 Å². The van der Waals surface area contributed by atoms with E-state index in [0.29, 0.717) is 6.42 Å². The maximum Gasteiger partial charge on any atom is 0.246 e. The van der Waals surface area contributed by atoms with Gasteiger partial charge in [0.25, 0.3) is 0 Å². The normalized spacial score (nSPS) is 24.0. The van der Waals surface area contributed by atoms with Gasteiger partial charge in [-0.2, -0.15) is 0 Å². The second kappa shape index (κ2) is 9.86. The smallest absolute Gasteiger partial charge is 0.246 e. The first kappa shape index (κ1) is 22.7. The highest BCUT2D eigenvalue weighted by Gasteiger charge is 2.50. The third-order valence-electron chi connectivity index (χ3n) is 6.18. The first-order chi connectivity index (χ1) is 14.3. The molecule has 4 atom stereocenters. The molecule has 0 aromatic heterocycles. The lowest BCUT2D eigenvalue weighted by molar-refractivity contribution is -0.106. The average molecular weight is 430 g/mol. The summed E-state index contributed by atoms with van der Waals surface area (Å²) in [6.07, 6.45) is 2.79. The Hall–Kier alpha value is -2.02. The number of aliphatic hydroxyl groups is 1. The SMILES string of the molecule is C[C@@H]1[C@@H]([Si](C)(C)F)[C@H](CCO)O[C@@H]1CCc1ccc(N(C=O)c2ccccc2)cc1. The predicted octanol–water partition coefficient (Wildman–Crippen LogP) is 5.24. The summed E-state index contributed by atoms with van der Waals surface area (Å²) in [5, 5.41) is 9.35. The molecule has 0 radical (unpaired) electrons. The van der Waals surface area contributed by atoms with Gasteiger partial charge in [0.05, 0.1) is 12.2 Å². The quantitative estimate of drug-likeness (QED) is 0.337. The number of benzene rings is 2. The molecule has 1 aliphatic heterocycles. The Morgan fingerprint density at radius 3 is 2.23 bits per heavy atom. The van der Waals surface area contributed by atoms with Crippen molar-refractivity contribution in [1.29, 1.82) is 0 Å². The van der Waals surface area contributed by atoms with Gasteiger partial charge in [-0.1, -0.05) is 37.3 Å². The van der Waals surface area contributed by atoms with Crippen molar-refractivity contribution >= 4 is 26.2 Å². The number of hydrogen-bond donors (Lipinski definition) is 1. The lowest BCUT2D eigenvalue weighted by atomic mass is 9.95. The van der Waals surface area contributed by atoms with Crippen molar-refractivity contribution in [2.24, 2.45) is 5.92 Å². The largest absolute Gasteiger partial charge is 0.396 e. The number of halogens is 1. The van der Waals surface area contributed by atoms with Crippen molar-refractivity contribution in [2.45, 2.75) is 57.0 Å². The number of aliphatic hydroxyl groups excluding tert-OH is 1. The fraction of sp³-hybridized carbons (Fsp3) is 0.458. The summed E-state index contributed by atoms with van der Waals surface area (Å²) in [5.74, 6) is 0.149. The molecular weight excluding hydrogens is 397 g/mol. The Balaban J connectivity index is 1.64. The molecule has 4 nitrogen and oxygen atoms in total. The van der Waals surface area contributed by atoms with E-state index in [2.05, 4.69) is 6.92 Å². The Bertz CT molecular complexity index is 809. The van der Waals surface area contributed by atoms with Crippen molar-refractivity contribution in [2.75, 3.05) is 11.5 Å². The van der Waals surface area contributed by atoms with E-state index in [1.165, 1.54) is 0 Å². The fourth-order valence-electron chi connectivity index (χ4n) is 4.77. The Morgan fingerprint density at radius 2 is 1.67 bits per heavy atom. The van der Waals surface area contributed by atoms with Crippen molar-refractivity contribution < 1.29 is 18.7 Å². The number of carbonyl (C=O) groups is 1. The minimum Gasteiger partial charge on any atom is -0.396 e. The summed E-state index contributed by atoms with van der Waals surface area (Å²) >= 11 is 0. The number of para-hydroxylation sites is 1. The molecular formula is C24H32FNO3Si. The molecule has 0 aliphatic carbocycles. The van der Waals surface area contributed by atoms with Gasteiger partial charge >= 0.3 is 0 Å². The van der Waals surface area contributed by atoms with Crippen LogP contribution in [-0.2, 0) is 16.0 Å². The molecule has 30 heavy (non-hydrogen) atoms. The van der Waals surface area contributed by atoms with Crippen LogP contribution < -0.4 is 4.90 Å². The molecule has 162 valence electrons. The molecule has 0 saturated carbocycles. The van der Waals surface area contributed by atoms with Crippen molar-refractivity contribution in [3.63, 3.8) is 0 Å². The second-order valence-electron chi connectivity index (χ2n) is 8.69. The Labute approximate surface area is 179 Å². The minimum atomic E-state index is -2.87. The zero-order chi connectivity index (χ0) is 21.7. The van der Waals surface area contributed by atoms with E-state index in [1.54, 1.807) is 18.0 Å². The molecule has 1 aliphatic rings. The zero-order valence-electron chi connectivity index (χ0n) is 18.0. The van der Waals surface area contributed by atoms with Gasteiger partial charge in [0.15, 0.2) is 0 Å². The summed E-state index contributed by atoms with van der Waals surface area (Å²) in [7, 11) is -2.87. The van der Waals surface area contributed by atoms with Crippen LogP contribution in [0.2, 0.25) is 18.6 Å². The van der Waals surface area contributed by atoms with Gasteiger partial charge in [-0.05, 0) is 68.1 Å². The van der Waals surface area contributed by atoms with Gasteiger partial charge in [0.2, 0.25) is 14.8 Å². The maximum atomic E-state index is 14.9. The Kier molecular flexibility index (Phi) is 7.44. The molecule has 1 N–H and O–H groups in total. The highest BCUT2D eigenvalue weighted by molar-refractivity contribution is 6.72. The molecule has 0 unspecified atom stereocenters. The predicted molar refractivity (Wildman–Crippen MR) is 121 cm³/mol. The van der Waals surface area contributed by atoms with E-state index in [0.717, 1.165) is 36.2 Å². The minimum absolute atomic E-state index is 0.00421. The van der Waals surface area contributed by atoms with Gasteiger partial charge in [-0.15, -0.1) is 0 Å². The number of carbonyl (C=O) groups excluding carboxylic acids is 1. The highest BCUT2D eigenvalue weighted by Crippen LogP contribution is 2.46. The van der Waals surface area contributed by atoms with Gasteiger partial charge < -0.3 is 14.0 Å². The third kappa shape index (κ3) is 5.17. The molecule has 6 heteroatoms. The molecule has 1 amide bonds. The van der Waals surface area contributed by atoms with Crippen LogP contribution in [0.25, 0.3) is 0 Å². The number of nitrogens with zero attached hydrogens (tertiary/aromatic N) is 1. The van der Waals surface area contributed by atoms with Crippen LogP contribution in [0.3, 0.4) is 0 Å². The molecule has 0 spiro atoms. The van der Waals surface area contributed by atoms with Crippen LogP contribution in [0.1, 0.15) is 25.3 Å². The molecule has 0 bridgehead atoms. The Morgan fingerprint density at radius 1 is 1.03 bits per heavy atom. The molecule has 2 aromatic rings. The van der Waals surface area contributed by atoms with Crippen LogP contribution in [0.15, 0.2) is 54.6 Å². The molecule has 1 heterocycles. The maximum absolute atomic E-state index is 14.9. The van der Waals surface area contributed by atoms with Gasteiger partial charge in [0.1, 0.15) is 0 Å². The lowest BCUT2D eigenvalue weighted by Gasteiger charge is -2.28. The van der Waals surface area contributed by atoms with Crippen molar-refractivity contribution in [3.05, 3.63) is 60.2 Å². The molecule has 1 saturated heterocycles. The standard InChI is InChI=1S/C24H32FNO3Si/c1-18-22(29-23(15-16-27)24(18)30(2,3)25)14-11-19-9-12-21(13-10-19)26(17-28)20-7-5-4-6-8-20/h4-10,12-13,17-18,22-24,27H,11,14-16H2,1-3H3/t18-,22+,23-,24+/m0/s1. The summed E-state index contributed by atoms with van der Waals surface area (Å²) < 4.78 is 21.1. The van der Waals surface area contributed by atoms with Gasteiger partial charge in [-0.3, -0.25) is 9.69 Å². The van der Waals surface area contributed by atoms with E-state index >= 15 is 0 Å². The number of hydrogen-bond acceptors (Lipinski definition) is 3. The van der Waals surface area contributed by atoms with E-state index in [-0.39, 0.29) is 30.3 Å². The summed E-state index contributed by atoms with van der Waals surface area (Å²) in [6.45, 7) is 5.61. The first-order valence-corrected chi connectivity index (χ1v) is 13.6. The van der Waals surface area contributed by atoms with Crippen LogP contribution in [0.4, 0.5) is 15.5 Å². The van der Waals surface area contributed by atoms with E-state index in [1.807, 2.05) is 54.6 Å². The van der Waals surface area contributed by atoms with E-state index in [9.17, 15) is 14.0 Å². The van der Waals surface area contributed by atoms with E-state index < -0.39 is 8.41 Å². The van der Waals surface area contributed by atoms with Crippen molar-refractivity contribution in [1.82, 2.24) is 0 Å². The summed E-state index contributed by atoms with van der Waals surface area (Å²) in [6, 6.07) is 17.5. The monoisotopic (exact) mass is 429 g/mol. The topological polar surface area (TPSA) is 49.8 Å². The number of ether oxygens (including phenoxy) is 1. The fourth-order valence-corrected chi connectivity index (χ4v) is 7.36. The van der Waals surface area contributed by atoms with Crippen LogP contribution in [0.5, 0.6) is 0 Å². The highest BCUT2D eigenvalue weighted by atomic mass is 28.4. The third-order valence-corrected chi connectivity index (χ3v) is 8.66. The lowest BCUT2D eigenvalue weighted by Crippen LogP contribution is -2.36.